The van der Waals surface area contributed by atoms with Gasteiger partial charge in [-0.25, -0.2) is 13.1 Å². The molecule has 0 aliphatic carbocycles. The van der Waals surface area contributed by atoms with Crippen molar-refractivity contribution in [2.24, 2.45) is 7.05 Å². The highest BCUT2D eigenvalue weighted by Gasteiger charge is 2.35. The number of rotatable bonds is 3. The van der Waals surface area contributed by atoms with Gasteiger partial charge in [-0.1, -0.05) is 0 Å². The first-order valence-corrected chi connectivity index (χ1v) is 6.72. The van der Waals surface area contributed by atoms with Crippen LogP contribution in [0.2, 0.25) is 0 Å². The summed E-state index contributed by atoms with van der Waals surface area (Å²) in [7, 11) is -2.03. The topological polar surface area (TPSA) is 99.2 Å². The summed E-state index contributed by atoms with van der Waals surface area (Å²) in [6.07, 6.45) is 2.03. The Labute approximate surface area is 100.0 Å². The van der Waals surface area contributed by atoms with Crippen LogP contribution < -0.4 is 10.5 Å². The molecule has 1 aromatic rings. The molecule has 96 valence electrons. The molecule has 0 aromatic carbocycles. The lowest BCUT2D eigenvalue weighted by Gasteiger charge is -2.22. The lowest BCUT2D eigenvalue weighted by atomic mass is 10.0. The molecule has 1 saturated heterocycles. The third kappa shape index (κ3) is 2.43. The van der Waals surface area contributed by atoms with E-state index in [4.69, 9.17) is 10.5 Å². The van der Waals surface area contributed by atoms with Gasteiger partial charge in [-0.2, -0.15) is 5.10 Å². The highest BCUT2D eigenvalue weighted by molar-refractivity contribution is 7.89. The fourth-order valence-corrected chi connectivity index (χ4v) is 3.35. The van der Waals surface area contributed by atoms with E-state index in [1.165, 1.54) is 10.9 Å². The van der Waals surface area contributed by atoms with E-state index in [1.807, 2.05) is 6.92 Å². The monoisotopic (exact) mass is 260 g/mol. The van der Waals surface area contributed by atoms with Gasteiger partial charge in [0.15, 0.2) is 5.82 Å². The predicted octanol–water partition coefficient (Wildman–Crippen LogP) is -0.540. The van der Waals surface area contributed by atoms with Crippen LogP contribution in [0.4, 0.5) is 5.82 Å². The van der Waals surface area contributed by atoms with Crippen molar-refractivity contribution in [3.63, 3.8) is 0 Å². The third-order valence-electron chi connectivity index (χ3n) is 2.71. The number of nitrogens with two attached hydrogens (primary N) is 1. The van der Waals surface area contributed by atoms with Crippen LogP contribution in [0.15, 0.2) is 11.1 Å². The molecular formula is C9H16N4O3S. The number of ether oxygens (including phenoxy) is 1. The van der Waals surface area contributed by atoms with Crippen LogP contribution in [0.1, 0.15) is 13.3 Å². The molecule has 1 aliphatic heterocycles. The summed E-state index contributed by atoms with van der Waals surface area (Å²) < 4.78 is 33.4. The van der Waals surface area contributed by atoms with Gasteiger partial charge < -0.3 is 10.5 Å². The molecule has 0 amide bonds. The Kier molecular flexibility index (Phi) is 2.88. The Morgan fingerprint density at radius 3 is 2.82 bits per heavy atom. The van der Waals surface area contributed by atoms with Crippen molar-refractivity contribution in [1.82, 2.24) is 14.5 Å². The minimum absolute atomic E-state index is 0.00233. The van der Waals surface area contributed by atoms with Crippen molar-refractivity contribution >= 4 is 15.8 Å². The van der Waals surface area contributed by atoms with Gasteiger partial charge in [0, 0.05) is 19.9 Å². The van der Waals surface area contributed by atoms with E-state index in [2.05, 4.69) is 9.82 Å². The van der Waals surface area contributed by atoms with E-state index in [9.17, 15) is 8.42 Å². The van der Waals surface area contributed by atoms with Crippen LogP contribution in [0.3, 0.4) is 0 Å². The van der Waals surface area contributed by atoms with Crippen LogP contribution >= 0.6 is 0 Å². The first-order chi connectivity index (χ1) is 7.82. The molecule has 2 heterocycles. The second-order valence-electron chi connectivity index (χ2n) is 4.52. The van der Waals surface area contributed by atoms with Crippen molar-refractivity contribution in [2.45, 2.75) is 23.8 Å². The van der Waals surface area contributed by atoms with Gasteiger partial charge in [0.2, 0.25) is 10.0 Å². The van der Waals surface area contributed by atoms with Gasteiger partial charge in [-0.3, -0.25) is 4.68 Å². The van der Waals surface area contributed by atoms with Crippen LogP contribution in [0, 0.1) is 0 Å². The normalized spacial score (nSPS) is 25.3. The Hall–Kier alpha value is -1.12. The standard InChI is InChI=1S/C9H16N4O3S/c1-9(3-4-16-6-9)12-17(14,15)7-5-13(2)11-8(7)10/h5,12H,3-4,6H2,1-2H3,(H2,10,11). The molecule has 0 spiro atoms. The Morgan fingerprint density at radius 2 is 2.35 bits per heavy atom. The molecule has 1 aromatic heterocycles. The summed E-state index contributed by atoms with van der Waals surface area (Å²) in [5, 5.41) is 3.82. The SMILES string of the molecule is Cn1cc(S(=O)(=O)NC2(C)CCOC2)c(N)n1. The summed E-state index contributed by atoms with van der Waals surface area (Å²) in [5.74, 6) is 0.00233. The van der Waals surface area contributed by atoms with E-state index in [-0.39, 0.29) is 10.7 Å². The first kappa shape index (κ1) is 12.3. The van der Waals surface area contributed by atoms with Gasteiger partial charge in [0.05, 0.1) is 12.1 Å². The molecule has 2 rings (SSSR count). The Balaban J connectivity index is 2.28. The lowest BCUT2D eigenvalue weighted by Crippen LogP contribution is -2.46. The fourth-order valence-electron chi connectivity index (χ4n) is 1.82. The summed E-state index contributed by atoms with van der Waals surface area (Å²) >= 11 is 0. The van der Waals surface area contributed by atoms with Crippen molar-refractivity contribution in [3.8, 4) is 0 Å². The van der Waals surface area contributed by atoms with Crippen LogP contribution in [0.25, 0.3) is 0 Å². The quantitative estimate of drug-likeness (QED) is 0.760. The van der Waals surface area contributed by atoms with E-state index in [0.717, 1.165) is 0 Å². The van der Waals surface area contributed by atoms with E-state index in [1.54, 1.807) is 7.05 Å². The van der Waals surface area contributed by atoms with Gasteiger partial charge in [0.25, 0.3) is 0 Å². The molecule has 17 heavy (non-hydrogen) atoms. The highest BCUT2D eigenvalue weighted by Crippen LogP contribution is 2.23. The molecule has 3 N–H and O–H groups in total. The predicted molar refractivity (Wildman–Crippen MR) is 61.8 cm³/mol. The summed E-state index contributed by atoms with van der Waals surface area (Å²) in [4.78, 5) is 0.00752. The number of nitrogen functional groups attached to an aromatic ring is 1. The van der Waals surface area contributed by atoms with Crippen molar-refractivity contribution in [2.75, 3.05) is 18.9 Å². The average Bonchev–Trinajstić information content (AvgIpc) is 2.72. The zero-order valence-electron chi connectivity index (χ0n) is 9.80. The highest BCUT2D eigenvalue weighted by atomic mass is 32.2. The van der Waals surface area contributed by atoms with Crippen LogP contribution in [-0.4, -0.2) is 37.0 Å². The summed E-state index contributed by atoms with van der Waals surface area (Å²) in [6.45, 7) is 2.73. The van der Waals surface area contributed by atoms with Gasteiger partial charge in [0.1, 0.15) is 4.90 Å². The Bertz CT molecular complexity index is 516. The fraction of sp³-hybridized carbons (Fsp3) is 0.667. The molecule has 0 saturated carbocycles. The zero-order valence-corrected chi connectivity index (χ0v) is 10.6. The van der Waals surface area contributed by atoms with Crippen molar-refractivity contribution in [1.29, 1.82) is 0 Å². The second-order valence-corrected chi connectivity index (χ2v) is 6.17. The first-order valence-electron chi connectivity index (χ1n) is 5.23. The molecule has 1 fully saturated rings. The molecule has 1 aliphatic rings. The van der Waals surface area contributed by atoms with Crippen molar-refractivity contribution in [3.05, 3.63) is 6.20 Å². The lowest BCUT2D eigenvalue weighted by molar-refractivity contribution is 0.178. The minimum Gasteiger partial charge on any atom is -0.381 e. The minimum atomic E-state index is -3.65. The molecule has 1 atom stereocenters. The Morgan fingerprint density at radius 1 is 1.65 bits per heavy atom. The number of nitrogens with zero attached hydrogens (tertiary/aromatic N) is 2. The summed E-state index contributed by atoms with van der Waals surface area (Å²) in [5.41, 5.74) is 4.99. The maximum absolute atomic E-state index is 12.1. The largest absolute Gasteiger partial charge is 0.381 e. The van der Waals surface area contributed by atoms with Gasteiger partial charge in [-0.05, 0) is 13.3 Å². The number of hydrogen-bond donors (Lipinski definition) is 2. The van der Waals surface area contributed by atoms with E-state index < -0.39 is 15.6 Å². The zero-order chi connectivity index (χ0) is 12.7. The number of anilines is 1. The second kappa shape index (κ2) is 3.97. The van der Waals surface area contributed by atoms with Crippen molar-refractivity contribution < 1.29 is 13.2 Å². The van der Waals surface area contributed by atoms with E-state index >= 15 is 0 Å². The van der Waals surface area contributed by atoms with Crippen LogP contribution in [-0.2, 0) is 21.8 Å². The smallest absolute Gasteiger partial charge is 0.246 e. The molecule has 7 nitrogen and oxygen atoms in total. The maximum atomic E-state index is 12.1. The van der Waals surface area contributed by atoms with E-state index in [0.29, 0.717) is 19.6 Å². The maximum Gasteiger partial charge on any atom is 0.246 e. The number of sulfonamides is 1. The third-order valence-corrected chi connectivity index (χ3v) is 4.37. The van der Waals surface area contributed by atoms with Gasteiger partial charge in [-0.15, -0.1) is 0 Å². The van der Waals surface area contributed by atoms with Crippen LogP contribution in [0.5, 0.6) is 0 Å². The molecule has 8 heteroatoms. The number of aryl methyl sites for hydroxylation is 1. The summed E-state index contributed by atoms with van der Waals surface area (Å²) in [6, 6.07) is 0. The molecule has 0 bridgehead atoms. The molecular weight excluding hydrogens is 244 g/mol. The number of aromatic nitrogens is 2. The average molecular weight is 260 g/mol. The molecule has 0 radical (unpaired) electrons. The molecule has 1 unspecified atom stereocenters. The van der Waals surface area contributed by atoms with Gasteiger partial charge >= 0.3 is 0 Å². The number of hydrogen-bond acceptors (Lipinski definition) is 5. The number of nitrogens with one attached hydrogen (secondary N) is 1.